The second-order valence-electron chi connectivity index (χ2n) is 4.56. The molecule has 0 radical (unpaired) electrons. The van der Waals surface area contributed by atoms with Gasteiger partial charge in [0.1, 0.15) is 0 Å². The van der Waals surface area contributed by atoms with Crippen LogP contribution in [0.4, 0.5) is 5.69 Å². The van der Waals surface area contributed by atoms with Crippen molar-refractivity contribution in [3.8, 4) is 0 Å². The Morgan fingerprint density at radius 2 is 1.89 bits per heavy atom. The van der Waals surface area contributed by atoms with Crippen molar-refractivity contribution in [1.29, 1.82) is 0 Å². The molecule has 0 heterocycles. The highest BCUT2D eigenvalue weighted by atomic mass is 79.9. The molecule has 0 atom stereocenters. The molecule has 2 rings (SSSR count). The Hall–Kier alpha value is -0.130. The minimum Gasteiger partial charge on any atom is -0.360 e. The summed E-state index contributed by atoms with van der Waals surface area (Å²) in [5, 5.41) is 7.35. The molecule has 1 fully saturated rings. The van der Waals surface area contributed by atoms with Crippen molar-refractivity contribution in [1.82, 2.24) is 5.32 Å². The predicted octanol–water partition coefficient (Wildman–Crippen LogP) is 4.83. The van der Waals surface area contributed by atoms with Gasteiger partial charge in [0.25, 0.3) is 0 Å². The number of rotatable bonds is 2. The minimum absolute atomic E-state index is 0.532. The summed E-state index contributed by atoms with van der Waals surface area (Å²) >= 11 is 12.3. The minimum atomic E-state index is 0.532. The molecule has 0 spiro atoms. The van der Waals surface area contributed by atoms with Gasteiger partial charge < -0.3 is 10.6 Å². The summed E-state index contributed by atoms with van der Waals surface area (Å²) in [5.41, 5.74) is 0.984. The number of hydrogen-bond acceptors (Lipinski definition) is 1. The van der Waals surface area contributed by atoms with E-state index in [1.807, 2.05) is 18.2 Å². The van der Waals surface area contributed by atoms with Gasteiger partial charge in [-0.2, -0.15) is 0 Å². The van der Waals surface area contributed by atoms with Gasteiger partial charge in [0, 0.05) is 15.0 Å². The molecule has 1 aliphatic rings. The Bertz CT molecular complexity index is 431. The summed E-state index contributed by atoms with van der Waals surface area (Å²) in [6.07, 6.45) is 6.42. The van der Waals surface area contributed by atoms with Crippen molar-refractivity contribution in [2.45, 2.75) is 38.1 Å². The molecule has 98 valence electrons. The zero-order valence-electron chi connectivity index (χ0n) is 10.0. The average molecular weight is 392 g/mol. The van der Waals surface area contributed by atoms with Crippen molar-refractivity contribution in [3.05, 3.63) is 27.1 Å². The molecule has 1 aromatic rings. The van der Waals surface area contributed by atoms with Crippen LogP contribution < -0.4 is 10.6 Å². The van der Waals surface area contributed by atoms with E-state index >= 15 is 0 Å². The Balaban J connectivity index is 1.92. The van der Waals surface area contributed by atoms with Crippen LogP contribution in [-0.4, -0.2) is 11.2 Å². The van der Waals surface area contributed by atoms with E-state index in [4.69, 9.17) is 12.2 Å². The molecule has 1 saturated carbocycles. The second kappa shape index (κ2) is 6.87. The van der Waals surface area contributed by atoms with Gasteiger partial charge in [0.05, 0.1) is 5.69 Å². The zero-order valence-corrected chi connectivity index (χ0v) is 14.0. The molecule has 18 heavy (non-hydrogen) atoms. The standard InChI is InChI=1S/C13H16Br2N2S/c14-9-6-7-11(15)12(8-9)17-13(18)16-10-4-2-1-3-5-10/h6-8,10H,1-5H2,(H2,16,17,18). The highest BCUT2D eigenvalue weighted by molar-refractivity contribution is 9.11. The molecule has 0 unspecified atom stereocenters. The summed E-state index contributed by atoms with van der Waals surface area (Å²) in [6.45, 7) is 0. The SMILES string of the molecule is S=C(Nc1cc(Br)ccc1Br)NC1CCCCC1. The van der Waals surface area contributed by atoms with Crippen LogP contribution in [-0.2, 0) is 0 Å². The maximum atomic E-state index is 5.36. The van der Waals surface area contributed by atoms with Crippen LogP contribution in [0.15, 0.2) is 27.1 Å². The zero-order chi connectivity index (χ0) is 13.0. The first-order valence-corrected chi connectivity index (χ1v) is 8.17. The third-order valence-electron chi connectivity index (χ3n) is 3.12. The highest BCUT2D eigenvalue weighted by Crippen LogP contribution is 2.26. The van der Waals surface area contributed by atoms with Gasteiger partial charge in [0.15, 0.2) is 5.11 Å². The van der Waals surface area contributed by atoms with Crippen LogP contribution in [0.25, 0.3) is 0 Å². The smallest absolute Gasteiger partial charge is 0.171 e. The monoisotopic (exact) mass is 390 g/mol. The van der Waals surface area contributed by atoms with E-state index in [9.17, 15) is 0 Å². The van der Waals surface area contributed by atoms with E-state index in [0.717, 1.165) is 14.6 Å². The first kappa shape index (κ1) is 14.3. The third-order valence-corrected chi connectivity index (χ3v) is 4.52. The Kier molecular flexibility index (Phi) is 5.45. The molecule has 0 saturated heterocycles. The van der Waals surface area contributed by atoms with Gasteiger partial charge in [-0.1, -0.05) is 35.2 Å². The molecular formula is C13H16Br2N2S. The summed E-state index contributed by atoms with van der Waals surface area (Å²) in [5.74, 6) is 0. The fourth-order valence-electron chi connectivity index (χ4n) is 2.18. The number of thiocarbonyl (C=S) groups is 1. The van der Waals surface area contributed by atoms with Crippen LogP contribution in [0, 0.1) is 0 Å². The lowest BCUT2D eigenvalue weighted by Crippen LogP contribution is -2.38. The molecule has 0 aliphatic heterocycles. The lowest BCUT2D eigenvalue weighted by atomic mass is 9.96. The van der Waals surface area contributed by atoms with Crippen LogP contribution in [0.2, 0.25) is 0 Å². The third kappa shape index (κ3) is 4.21. The molecule has 0 aromatic heterocycles. The Morgan fingerprint density at radius 3 is 2.61 bits per heavy atom. The van der Waals surface area contributed by atoms with Gasteiger partial charge in [-0.3, -0.25) is 0 Å². The number of anilines is 1. The van der Waals surface area contributed by atoms with Crippen molar-refractivity contribution in [2.75, 3.05) is 5.32 Å². The molecule has 0 bridgehead atoms. The van der Waals surface area contributed by atoms with Crippen molar-refractivity contribution in [3.63, 3.8) is 0 Å². The summed E-state index contributed by atoms with van der Waals surface area (Å²) < 4.78 is 2.05. The van der Waals surface area contributed by atoms with Crippen molar-refractivity contribution < 1.29 is 0 Å². The van der Waals surface area contributed by atoms with Crippen LogP contribution >= 0.6 is 44.1 Å². The first-order chi connectivity index (χ1) is 8.65. The number of nitrogens with one attached hydrogen (secondary N) is 2. The second-order valence-corrected chi connectivity index (χ2v) is 6.74. The number of halogens is 2. The van der Waals surface area contributed by atoms with Gasteiger partial charge in [-0.25, -0.2) is 0 Å². The quantitative estimate of drug-likeness (QED) is 0.706. The molecule has 1 aliphatic carbocycles. The summed E-state index contributed by atoms with van der Waals surface area (Å²) in [7, 11) is 0. The summed E-state index contributed by atoms with van der Waals surface area (Å²) in [6, 6.07) is 6.53. The predicted molar refractivity (Wildman–Crippen MR) is 88.1 cm³/mol. The largest absolute Gasteiger partial charge is 0.360 e. The van der Waals surface area contributed by atoms with E-state index in [0.29, 0.717) is 11.2 Å². The normalized spacial score (nSPS) is 16.3. The molecular weight excluding hydrogens is 376 g/mol. The highest BCUT2D eigenvalue weighted by Gasteiger charge is 2.14. The van der Waals surface area contributed by atoms with Crippen LogP contribution in [0.3, 0.4) is 0 Å². The van der Waals surface area contributed by atoms with Crippen molar-refractivity contribution >= 4 is 54.9 Å². The van der Waals surface area contributed by atoms with Crippen LogP contribution in [0.5, 0.6) is 0 Å². The molecule has 2 nitrogen and oxygen atoms in total. The van der Waals surface area contributed by atoms with E-state index in [-0.39, 0.29) is 0 Å². The maximum Gasteiger partial charge on any atom is 0.171 e. The maximum absolute atomic E-state index is 5.36. The lowest BCUT2D eigenvalue weighted by molar-refractivity contribution is 0.415. The van der Waals surface area contributed by atoms with Crippen molar-refractivity contribution in [2.24, 2.45) is 0 Å². The van der Waals surface area contributed by atoms with Gasteiger partial charge >= 0.3 is 0 Å². The Labute approximate surface area is 130 Å². The van der Waals surface area contributed by atoms with E-state index < -0.39 is 0 Å². The van der Waals surface area contributed by atoms with Crippen LogP contribution in [0.1, 0.15) is 32.1 Å². The molecule has 1 aromatic carbocycles. The Morgan fingerprint density at radius 1 is 1.17 bits per heavy atom. The molecule has 0 amide bonds. The molecule has 2 N–H and O–H groups in total. The van der Waals surface area contributed by atoms with Gasteiger partial charge in [-0.05, 0) is 59.2 Å². The molecule has 5 heteroatoms. The number of benzene rings is 1. The number of hydrogen-bond donors (Lipinski definition) is 2. The fraction of sp³-hybridized carbons (Fsp3) is 0.462. The van der Waals surface area contributed by atoms with Gasteiger partial charge in [-0.15, -0.1) is 0 Å². The van der Waals surface area contributed by atoms with E-state index in [1.54, 1.807) is 0 Å². The first-order valence-electron chi connectivity index (χ1n) is 6.18. The average Bonchev–Trinajstić information content (AvgIpc) is 2.35. The fourth-order valence-corrected chi connectivity index (χ4v) is 3.17. The lowest BCUT2D eigenvalue weighted by Gasteiger charge is -2.24. The van der Waals surface area contributed by atoms with Gasteiger partial charge in [0.2, 0.25) is 0 Å². The van der Waals surface area contributed by atoms with E-state index in [2.05, 4.69) is 42.5 Å². The summed E-state index contributed by atoms with van der Waals surface area (Å²) in [4.78, 5) is 0. The topological polar surface area (TPSA) is 24.1 Å². The van der Waals surface area contributed by atoms with E-state index in [1.165, 1.54) is 32.1 Å².